The molecule has 1 saturated heterocycles. The van der Waals surface area contributed by atoms with Gasteiger partial charge in [0.2, 0.25) is 53.2 Å². The molecule has 3 rings (SSSR count). The third kappa shape index (κ3) is 21.0. The maximum absolute atomic E-state index is 13.8. The average molecular weight is 1040 g/mol. The van der Waals surface area contributed by atoms with Crippen LogP contribution in [0.2, 0.25) is 0 Å². The second-order valence-corrected chi connectivity index (χ2v) is 22.3. The standard InChI is InChI=1S/C51H84N11O10P/c1-32(2)29-37(43(67)59-51(7,8)48(72)60-50(5,6)46(70)53-25-24-39(63)52-26-28-61(9)10)56-40(64)30-55-47(71)49(3,4)58-41(65)31-54-42(66)36(23-18-33-15-12-11-13-16-33)57-44(68)38-17-14-27-62(38)45(69)34-19-21-35(73)22-20-34/h19-22,32-33,36-38H,11-18,23-31,73H2,1-10H3,(H,52,63)(H,53,70)(H,54,66)(H,55,71)(H,56,64)(H,57,68)(H,58,65)(H,59,67)(H,60,72). The van der Waals surface area contributed by atoms with Crippen molar-refractivity contribution < 1.29 is 47.9 Å². The lowest BCUT2D eigenvalue weighted by atomic mass is 9.85. The van der Waals surface area contributed by atoms with Gasteiger partial charge in [0.25, 0.3) is 5.91 Å². The lowest BCUT2D eigenvalue weighted by Gasteiger charge is -2.33. The van der Waals surface area contributed by atoms with Crippen molar-refractivity contribution in [1.29, 1.82) is 0 Å². The molecule has 22 heteroatoms. The molecular formula is C51H84N11O10P. The van der Waals surface area contributed by atoms with Gasteiger partial charge < -0.3 is 57.7 Å². The molecule has 2 fully saturated rings. The molecule has 1 aromatic carbocycles. The van der Waals surface area contributed by atoms with Gasteiger partial charge in [-0.1, -0.05) is 58.1 Å². The Kier molecular flexibility index (Phi) is 24.2. The Morgan fingerprint density at radius 2 is 1.25 bits per heavy atom. The van der Waals surface area contributed by atoms with E-state index in [-0.39, 0.29) is 37.1 Å². The van der Waals surface area contributed by atoms with Crippen molar-refractivity contribution in [3.8, 4) is 0 Å². The molecule has 73 heavy (non-hydrogen) atoms. The number of carbonyl (C=O) groups excluding carboxylic acids is 10. The molecule has 1 aliphatic heterocycles. The highest BCUT2D eigenvalue weighted by Gasteiger charge is 2.40. The number of nitrogens with one attached hydrogen (secondary N) is 9. The van der Waals surface area contributed by atoms with Gasteiger partial charge in [0.15, 0.2) is 0 Å². The van der Waals surface area contributed by atoms with Crippen molar-refractivity contribution in [1.82, 2.24) is 57.7 Å². The SMILES string of the molecule is CC(C)CC(NC(=O)CNC(=O)C(C)(C)NC(=O)CNC(=O)C(CCC1CCCCC1)NC(=O)C1CCCN1C(=O)c1ccc(P)cc1)C(=O)NC(C)(C)C(=O)NC(C)(C)C(=O)NCCC(=O)NCCN(C)C. The summed E-state index contributed by atoms with van der Waals surface area (Å²) in [6.07, 6.45) is 7.73. The van der Waals surface area contributed by atoms with Crippen molar-refractivity contribution in [3.05, 3.63) is 29.8 Å². The summed E-state index contributed by atoms with van der Waals surface area (Å²) in [6, 6.07) is 4.16. The van der Waals surface area contributed by atoms with Gasteiger partial charge in [0.1, 0.15) is 34.7 Å². The van der Waals surface area contributed by atoms with Gasteiger partial charge in [-0.05, 0) is 117 Å². The second kappa shape index (κ2) is 28.7. The Morgan fingerprint density at radius 1 is 0.644 bits per heavy atom. The molecular weight excluding hydrogens is 958 g/mol. The van der Waals surface area contributed by atoms with E-state index in [0.29, 0.717) is 56.8 Å². The van der Waals surface area contributed by atoms with Crippen LogP contribution in [0.4, 0.5) is 0 Å². The highest BCUT2D eigenvalue weighted by Crippen LogP contribution is 2.28. The number of benzene rings is 1. The van der Waals surface area contributed by atoms with E-state index in [1.165, 1.54) is 46.4 Å². The van der Waals surface area contributed by atoms with E-state index in [2.05, 4.69) is 57.1 Å². The molecule has 1 aromatic rings. The molecule has 10 amide bonds. The number of likely N-dealkylation sites (N-methyl/N-ethyl adjacent to an activating group) is 1. The number of rotatable bonds is 27. The Labute approximate surface area is 433 Å². The van der Waals surface area contributed by atoms with E-state index in [0.717, 1.165) is 37.4 Å². The fourth-order valence-corrected chi connectivity index (χ4v) is 8.72. The number of nitrogens with zero attached hydrogens (tertiary/aromatic N) is 2. The van der Waals surface area contributed by atoms with Gasteiger partial charge >= 0.3 is 0 Å². The molecule has 4 unspecified atom stereocenters. The van der Waals surface area contributed by atoms with Crippen LogP contribution in [-0.4, -0.2) is 157 Å². The lowest BCUT2D eigenvalue weighted by molar-refractivity contribution is -0.138. The molecule has 408 valence electrons. The van der Waals surface area contributed by atoms with Crippen LogP contribution >= 0.6 is 9.24 Å². The third-order valence-electron chi connectivity index (χ3n) is 12.9. The number of likely N-dealkylation sites (tertiary alicyclic amines) is 1. The Bertz CT molecular complexity index is 2110. The van der Waals surface area contributed by atoms with Gasteiger partial charge in [0, 0.05) is 38.2 Å². The molecule has 9 N–H and O–H groups in total. The number of hydrogen-bond acceptors (Lipinski definition) is 11. The summed E-state index contributed by atoms with van der Waals surface area (Å²) in [5, 5.41) is 24.8. The van der Waals surface area contributed by atoms with Crippen LogP contribution in [0.25, 0.3) is 0 Å². The van der Waals surface area contributed by atoms with E-state index in [1.807, 2.05) is 32.8 Å². The molecule has 4 atom stereocenters. The van der Waals surface area contributed by atoms with Gasteiger partial charge in [0.05, 0.1) is 13.1 Å². The van der Waals surface area contributed by atoms with E-state index >= 15 is 0 Å². The highest BCUT2D eigenvalue weighted by atomic mass is 31.0. The fourth-order valence-electron chi connectivity index (χ4n) is 8.53. The molecule has 0 spiro atoms. The van der Waals surface area contributed by atoms with Crippen LogP contribution in [0.5, 0.6) is 0 Å². The maximum Gasteiger partial charge on any atom is 0.254 e. The zero-order valence-electron chi connectivity index (χ0n) is 44.8. The van der Waals surface area contributed by atoms with Gasteiger partial charge in [-0.15, -0.1) is 9.24 Å². The molecule has 1 heterocycles. The molecule has 21 nitrogen and oxygen atoms in total. The normalized spacial score (nSPS) is 16.1. The Hall–Kier alpha value is -5.69. The van der Waals surface area contributed by atoms with Gasteiger partial charge in [-0.25, -0.2) is 0 Å². The zero-order chi connectivity index (χ0) is 54.7. The summed E-state index contributed by atoms with van der Waals surface area (Å²) >= 11 is 0. The van der Waals surface area contributed by atoms with Crippen molar-refractivity contribution >= 4 is 73.6 Å². The van der Waals surface area contributed by atoms with E-state index < -0.39 is 95.1 Å². The van der Waals surface area contributed by atoms with Crippen LogP contribution in [0, 0.1) is 11.8 Å². The zero-order valence-corrected chi connectivity index (χ0v) is 45.9. The number of carbonyl (C=O) groups is 10. The Balaban J connectivity index is 1.53. The topological polar surface area (TPSA) is 285 Å². The molecule has 0 radical (unpaired) electrons. The third-order valence-corrected chi connectivity index (χ3v) is 13.3. The summed E-state index contributed by atoms with van der Waals surface area (Å²) in [4.78, 5) is 136. The molecule has 0 aromatic heterocycles. The van der Waals surface area contributed by atoms with Crippen molar-refractivity contribution in [2.75, 3.05) is 53.4 Å². The molecule has 1 aliphatic carbocycles. The first kappa shape index (κ1) is 61.6. The minimum atomic E-state index is -1.57. The average Bonchev–Trinajstić information content (AvgIpc) is 3.81. The summed E-state index contributed by atoms with van der Waals surface area (Å²) in [6.45, 7) is 12.8. The first-order valence-electron chi connectivity index (χ1n) is 25.6. The minimum Gasteiger partial charge on any atom is -0.355 e. The predicted octanol–water partition coefficient (Wildman–Crippen LogP) is 0.269. The van der Waals surface area contributed by atoms with Crippen molar-refractivity contribution in [2.45, 2.75) is 161 Å². The largest absolute Gasteiger partial charge is 0.355 e. The Morgan fingerprint density at radius 3 is 1.88 bits per heavy atom. The lowest BCUT2D eigenvalue weighted by Crippen LogP contribution is -2.64. The quantitative estimate of drug-likeness (QED) is 0.0540. The van der Waals surface area contributed by atoms with Crippen LogP contribution in [0.3, 0.4) is 0 Å². The highest BCUT2D eigenvalue weighted by molar-refractivity contribution is 7.27. The van der Waals surface area contributed by atoms with E-state index in [4.69, 9.17) is 0 Å². The van der Waals surface area contributed by atoms with E-state index in [9.17, 15) is 47.9 Å². The number of amides is 10. The van der Waals surface area contributed by atoms with Crippen LogP contribution in [0.15, 0.2) is 24.3 Å². The van der Waals surface area contributed by atoms with E-state index in [1.54, 1.807) is 24.3 Å². The molecule has 0 bridgehead atoms. The first-order valence-corrected chi connectivity index (χ1v) is 26.2. The van der Waals surface area contributed by atoms with Crippen LogP contribution < -0.4 is 53.2 Å². The first-order chi connectivity index (χ1) is 34.1. The molecule has 2 aliphatic rings. The van der Waals surface area contributed by atoms with Gasteiger partial charge in [-0.2, -0.15) is 0 Å². The predicted molar refractivity (Wildman–Crippen MR) is 281 cm³/mol. The van der Waals surface area contributed by atoms with Crippen LogP contribution in [0.1, 0.15) is 136 Å². The summed E-state index contributed by atoms with van der Waals surface area (Å²) in [5.74, 6) is -5.30. The number of hydrogen-bond donors (Lipinski definition) is 9. The second-order valence-electron chi connectivity index (χ2n) is 21.6. The monoisotopic (exact) mass is 1040 g/mol. The van der Waals surface area contributed by atoms with Crippen LogP contribution in [-0.2, 0) is 43.2 Å². The maximum atomic E-state index is 13.8. The molecule has 1 saturated carbocycles. The van der Waals surface area contributed by atoms with Crippen molar-refractivity contribution in [2.24, 2.45) is 11.8 Å². The minimum absolute atomic E-state index is 0.0421. The summed E-state index contributed by atoms with van der Waals surface area (Å²) in [5.41, 5.74) is -4.09. The van der Waals surface area contributed by atoms with Crippen molar-refractivity contribution in [3.63, 3.8) is 0 Å². The fraction of sp³-hybridized carbons (Fsp3) is 0.686. The summed E-state index contributed by atoms with van der Waals surface area (Å²) < 4.78 is 0. The van der Waals surface area contributed by atoms with Gasteiger partial charge in [-0.3, -0.25) is 47.9 Å². The smallest absolute Gasteiger partial charge is 0.254 e. The summed E-state index contributed by atoms with van der Waals surface area (Å²) in [7, 11) is 6.34.